The molecule has 0 aliphatic rings. The molecular weight excluding hydrogens is 257 g/mol. The van der Waals surface area contributed by atoms with Crippen LogP contribution in [0.15, 0.2) is 48.5 Å². The standard InChI is InChI=1S/C16H18FNO2/c17-15-4-1-2-5-16(15)20-11-3-10-19-14-8-6-13(12-18)7-9-14/h1-2,4-9H,3,10-12,18H2. The second kappa shape index (κ2) is 7.50. The Balaban J connectivity index is 1.67. The lowest BCUT2D eigenvalue weighted by Crippen LogP contribution is -2.06. The van der Waals surface area contributed by atoms with Crippen molar-refractivity contribution in [3.63, 3.8) is 0 Å². The van der Waals surface area contributed by atoms with Gasteiger partial charge in [0.15, 0.2) is 11.6 Å². The molecule has 0 aliphatic carbocycles. The van der Waals surface area contributed by atoms with Gasteiger partial charge in [-0.25, -0.2) is 4.39 Å². The Kier molecular flexibility index (Phi) is 5.38. The molecule has 0 amide bonds. The molecule has 106 valence electrons. The molecule has 0 spiro atoms. The van der Waals surface area contributed by atoms with E-state index >= 15 is 0 Å². The first kappa shape index (κ1) is 14.3. The Morgan fingerprint density at radius 3 is 2.30 bits per heavy atom. The number of rotatable bonds is 7. The lowest BCUT2D eigenvalue weighted by atomic mass is 10.2. The van der Waals surface area contributed by atoms with E-state index in [1.54, 1.807) is 18.2 Å². The van der Waals surface area contributed by atoms with E-state index in [9.17, 15) is 4.39 Å². The van der Waals surface area contributed by atoms with Crippen LogP contribution < -0.4 is 15.2 Å². The van der Waals surface area contributed by atoms with Gasteiger partial charge in [0.2, 0.25) is 0 Å². The zero-order valence-corrected chi connectivity index (χ0v) is 11.2. The predicted octanol–water partition coefficient (Wildman–Crippen LogP) is 3.13. The van der Waals surface area contributed by atoms with Crippen molar-refractivity contribution in [1.29, 1.82) is 0 Å². The summed E-state index contributed by atoms with van der Waals surface area (Å²) in [6, 6.07) is 14.0. The number of hydrogen-bond donors (Lipinski definition) is 1. The van der Waals surface area contributed by atoms with Gasteiger partial charge in [-0.3, -0.25) is 0 Å². The van der Waals surface area contributed by atoms with Crippen molar-refractivity contribution in [3.05, 3.63) is 59.9 Å². The molecule has 0 atom stereocenters. The van der Waals surface area contributed by atoms with E-state index in [-0.39, 0.29) is 11.6 Å². The van der Waals surface area contributed by atoms with Gasteiger partial charge in [-0.2, -0.15) is 0 Å². The van der Waals surface area contributed by atoms with Crippen molar-refractivity contribution >= 4 is 0 Å². The maximum atomic E-state index is 13.3. The monoisotopic (exact) mass is 275 g/mol. The highest BCUT2D eigenvalue weighted by Crippen LogP contribution is 2.16. The second-order valence-corrected chi connectivity index (χ2v) is 4.33. The Hall–Kier alpha value is -2.07. The highest BCUT2D eigenvalue weighted by molar-refractivity contribution is 5.27. The number of ether oxygens (including phenoxy) is 2. The van der Waals surface area contributed by atoms with E-state index < -0.39 is 0 Å². The van der Waals surface area contributed by atoms with Gasteiger partial charge in [0.25, 0.3) is 0 Å². The molecule has 4 heteroatoms. The van der Waals surface area contributed by atoms with Gasteiger partial charge in [0.05, 0.1) is 13.2 Å². The second-order valence-electron chi connectivity index (χ2n) is 4.33. The fourth-order valence-corrected chi connectivity index (χ4v) is 1.71. The minimum Gasteiger partial charge on any atom is -0.493 e. The van der Waals surface area contributed by atoms with Crippen molar-refractivity contribution in [1.82, 2.24) is 0 Å². The highest BCUT2D eigenvalue weighted by atomic mass is 19.1. The van der Waals surface area contributed by atoms with Crippen molar-refractivity contribution in [2.24, 2.45) is 5.73 Å². The van der Waals surface area contributed by atoms with Gasteiger partial charge >= 0.3 is 0 Å². The summed E-state index contributed by atoms with van der Waals surface area (Å²) < 4.78 is 24.2. The van der Waals surface area contributed by atoms with E-state index in [0.29, 0.717) is 26.2 Å². The molecule has 0 radical (unpaired) electrons. The van der Waals surface area contributed by atoms with Gasteiger partial charge in [-0.05, 0) is 29.8 Å². The van der Waals surface area contributed by atoms with E-state index in [1.165, 1.54) is 6.07 Å². The molecule has 2 rings (SSSR count). The van der Waals surface area contributed by atoms with Crippen molar-refractivity contribution in [2.45, 2.75) is 13.0 Å². The van der Waals surface area contributed by atoms with Crippen LogP contribution in [-0.4, -0.2) is 13.2 Å². The third-order valence-electron chi connectivity index (χ3n) is 2.81. The lowest BCUT2D eigenvalue weighted by molar-refractivity contribution is 0.241. The number of para-hydroxylation sites is 1. The van der Waals surface area contributed by atoms with Crippen LogP contribution in [0, 0.1) is 5.82 Å². The largest absolute Gasteiger partial charge is 0.493 e. The molecule has 2 N–H and O–H groups in total. The summed E-state index contributed by atoms with van der Waals surface area (Å²) in [4.78, 5) is 0. The summed E-state index contributed by atoms with van der Waals surface area (Å²) >= 11 is 0. The number of nitrogens with two attached hydrogens (primary N) is 1. The minimum absolute atomic E-state index is 0.278. The molecular formula is C16H18FNO2. The van der Waals surface area contributed by atoms with Gasteiger partial charge < -0.3 is 15.2 Å². The molecule has 0 saturated heterocycles. The zero-order chi connectivity index (χ0) is 14.2. The van der Waals surface area contributed by atoms with Crippen LogP contribution in [0.3, 0.4) is 0 Å². The molecule has 0 saturated carbocycles. The first-order chi connectivity index (χ1) is 9.79. The summed E-state index contributed by atoms with van der Waals surface area (Å²) in [5, 5.41) is 0. The zero-order valence-electron chi connectivity index (χ0n) is 11.2. The molecule has 20 heavy (non-hydrogen) atoms. The topological polar surface area (TPSA) is 44.5 Å². The van der Waals surface area contributed by atoms with Crippen molar-refractivity contribution in [2.75, 3.05) is 13.2 Å². The summed E-state index contributed by atoms with van der Waals surface area (Å²) in [6.45, 7) is 1.47. The minimum atomic E-state index is -0.342. The third-order valence-corrected chi connectivity index (χ3v) is 2.81. The molecule has 0 aliphatic heterocycles. The molecule has 3 nitrogen and oxygen atoms in total. The molecule has 2 aromatic rings. The van der Waals surface area contributed by atoms with Crippen LogP contribution in [0.5, 0.6) is 11.5 Å². The average Bonchev–Trinajstić information content (AvgIpc) is 2.49. The molecule has 0 bridgehead atoms. The fourth-order valence-electron chi connectivity index (χ4n) is 1.71. The highest BCUT2D eigenvalue weighted by Gasteiger charge is 2.01. The summed E-state index contributed by atoms with van der Waals surface area (Å²) in [6.07, 6.45) is 0.687. The quantitative estimate of drug-likeness (QED) is 0.790. The Morgan fingerprint density at radius 1 is 0.900 bits per heavy atom. The maximum absolute atomic E-state index is 13.3. The first-order valence-electron chi connectivity index (χ1n) is 6.59. The van der Waals surface area contributed by atoms with Crippen LogP contribution in [0.4, 0.5) is 4.39 Å². The molecule has 0 aromatic heterocycles. The van der Waals surface area contributed by atoms with Crippen LogP contribution in [0.1, 0.15) is 12.0 Å². The maximum Gasteiger partial charge on any atom is 0.165 e. The van der Waals surface area contributed by atoms with E-state index in [0.717, 1.165) is 11.3 Å². The number of benzene rings is 2. The fraction of sp³-hybridized carbons (Fsp3) is 0.250. The predicted molar refractivity (Wildman–Crippen MR) is 76.3 cm³/mol. The molecule has 0 fully saturated rings. The molecule has 2 aromatic carbocycles. The van der Waals surface area contributed by atoms with Crippen molar-refractivity contribution in [3.8, 4) is 11.5 Å². The van der Waals surface area contributed by atoms with Gasteiger partial charge in [0.1, 0.15) is 5.75 Å². The van der Waals surface area contributed by atoms with Crippen LogP contribution >= 0.6 is 0 Å². The van der Waals surface area contributed by atoms with Gasteiger partial charge in [0, 0.05) is 13.0 Å². The lowest BCUT2D eigenvalue weighted by Gasteiger charge is -2.08. The van der Waals surface area contributed by atoms with Crippen LogP contribution in [0.25, 0.3) is 0 Å². The number of halogens is 1. The summed E-state index contributed by atoms with van der Waals surface area (Å²) in [5.41, 5.74) is 6.59. The Bertz CT molecular complexity index is 528. The summed E-state index contributed by atoms with van der Waals surface area (Å²) in [7, 11) is 0. The van der Waals surface area contributed by atoms with E-state index in [1.807, 2.05) is 24.3 Å². The molecule has 0 unspecified atom stereocenters. The van der Waals surface area contributed by atoms with Crippen LogP contribution in [0.2, 0.25) is 0 Å². The summed E-state index contributed by atoms with van der Waals surface area (Å²) in [5.74, 6) is 0.735. The normalized spacial score (nSPS) is 10.3. The molecule has 0 heterocycles. The van der Waals surface area contributed by atoms with Crippen molar-refractivity contribution < 1.29 is 13.9 Å². The SMILES string of the molecule is NCc1ccc(OCCCOc2ccccc2F)cc1. The third kappa shape index (κ3) is 4.24. The van der Waals surface area contributed by atoms with E-state index in [4.69, 9.17) is 15.2 Å². The number of hydrogen-bond acceptors (Lipinski definition) is 3. The van der Waals surface area contributed by atoms with E-state index in [2.05, 4.69) is 0 Å². The van der Waals surface area contributed by atoms with Gasteiger partial charge in [-0.1, -0.05) is 24.3 Å². The average molecular weight is 275 g/mol. The van der Waals surface area contributed by atoms with Crippen LogP contribution in [-0.2, 0) is 6.54 Å². The smallest absolute Gasteiger partial charge is 0.165 e. The Labute approximate surface area is 118 Å². The Morgan fingerprint density at radius 2 is 1.60 bits per heavy atom. The van der Waals surface area contributed by atoms with Gasteiger partial charge in [-0.15, -0.1) is 0 Å². The first-order valence-corrected chi connectivity index (χ1v) is 6.59.